The van der Waals surface area contributed by atoms with Crippen molar-refractivity contribution < 1.29 is 4.74 Å². The first kappa shape index (κ1) is 12.3. The van der Waals surface area contributed by atoms with Crippen LogP contribution in [0.5, 0.6) is 5.88 Å². The second-order valence-corrected chi connectivity index (χ2v) is 4.23. The largest absolute Gasteiger partial charge is 0.481 e. The maximum absolute atomic E-state index is 5.32. The fraction of sp³-hybridized carbons (Fsp3) is 0.143. The molecule has 0 saturated heterocycles. The maximum atomic E-state index is 5.32. The van der Waals surface area contributed by atoms with Gasteiger partial charge >= 0.3 is 0 Å². The molecule has 0 aliphatic carbocycles. The van der Waals surface area contributed by atoms with Crippen molar-refractivity contribution in [2.75, 3.05) is 7.11 Å². The summed E-state index contributed by atoms with van der Waals surface area (Å²) < 4.78 is 7.07. The molecule has 0 bridgehead atoms. The number of nitrogens with zero attached hydrogens (tertiary/aromatic N) is 5. The lowest BCUT2D eigenvalue weighted by atomic mass is 10.1. The molecule has 20 heavy (non-hydrogen) atoms. The average molecular weight is 267 g/mol. The summed E-state index contributed by atoms with van der Waals surface area (Å²) in [6.45, 7) is 0.620. The zero-order valence-electron chi connectivity index (χ0n) is 11.0. The van der Waals surface area contributed by atoms with Crippen LogP contribution in [0.4, 0.5) is 0 Å². The molecule has 0 aliphatic heterocycles. The highest BCUT2D eigenvalue weighted by molar-refractivity contribution is 5.68. The van der Waals surface area contributed by atoms with Crippen molar-refractivity contribution in [1.29, 1.82) is 0 Å². The van der Waals surface area contributed by atoms with Gasteiger partial charge in [-0.25, -0.2) is 14.6 Å². The van der Waals surface area contributed by atoms with Crippen molar-refractivity contribution in [1.82, 2.24) is 24.7 Å². The van der Waals surface area contributed by atoms with Gasteiger partial charge in [-0.15, -0.1) is 0 Å². The Morgan fingerprint density at radius 3 is 2.75 bits per heavy atom. The van der Waals surface area contributed by atoms with Gasteiger partial charge in [-0.2, -0.15) is 5.10 Å². The SMILES string of the molecule is COc1ncc(Cn2cncn2)cc1-c1ccncc1. The Kier molecular flexibility index (Phi) is 3.36. The van der Waals surface area contributed by atoms with Gasteiger partial charge in [0.15, 0.2) is 0 Å². The van der Waals surface area contributed by atoms with Crippen molar-refractivity contribution in [2.24, 2.45) is 0 Å². The molecule has 0 unspecified atom stereocenters. The molecular formula is C14H13N5O. The van der Waals surface area contributed by atoms with E-state index in [2.05, 4.69) is 20.1 Å². The Morgan fingerprint density at radius 2 is 2.05 bits per heavy atom. The van der Waals surface area contributed by atoms with Crippen LogP contribution in [-0.4, -0.2) is 31.8 Å². The highest BCUT2D eigenvalue weighted by atomic mass is 16.5. The summed E-state index contributed by atoms with van der Waals surface area (Å²) in [6.07, 6.45) is 8.47. The predicted molar refractivity (Wildman–Crippen MR) is 73.1 cm³/mol. The highest BCUT2D eigenvalue weighted by Gasteiger charge is 2.09. The van der Waals surface area contributed by atoms with Gasteiger partial charge in [0.25, 0.3) is 0 Å². The lowest BCUT2D eigenvalue weighted by Crippen LogP contribution is -2.02. The Labute approximate surface area is 116 Å². The van der Waals surface area contributed by atoms with Gasteiger partial charge < -0.3 is 4.74 Å². The lowest BCUT2D eigenvalue weighted by molar-refractivity contribution is 0.399. The van der Waals surface area contributed by atoms with E-state index in [4.69, 9.17) is 4.74 Å². The molecule has 6 nitrogen and oxygen atoms in total. The van der Waals surface area contributed by atoms with Crippen LogP contribution >= 0.6 is 0 Å². The minimum atomic E-state index is 0.596. The van der Waals surface area contributed by atoms with E-state index in [1.165, 1.54) is 6.33 Å². The Morgan fingerprint density at radius 1 is 1.20 bits per heavy atom. The van der Waals surface area contributed by atoms with E-state index in [-0.39, 0.29) is 0 Å². The van der Waals surface area contributed by atoms with Gasteiger partial charge in [0.1, 0.15) is 12.7 Å². The van der Waals surface area contributed by atoms with E-state index >= 15 is 0 Å². The van der Waals surface area contributed by atoms with E-state index in [0.717, 1.165) is 16.7 Å². The van der Waals surface area contributed by atoms with Crippen molar-refractivity contribution in [3.05, 3.63) is 55.0 Å². The topological polar surface area (TPSA) is 65.7 Å². The summed E-state index contributed by atoms with van der Waals surface area (Å²) in [5.41, 5.74) is 2.99. The fourth-order valence-corrected chi connectivity index (χ4v) is 1.98. The number of pyridine rings is 2. The third-order valence-corrected chi connectivity index (χ3v) is 2.90. The van der Waals surface area contributed by atoms with E-state index in [1.807, 2.05) is 18.2 Å². The number of ether oxygens (including phenoxy) is 1. The molecule has 0 atom stereocenters. The van der Waals surface area contributed by atoms with Crippen molar-refractivity contribution in [3.63, 3.8) is 0 Å². The summed E-state index contributed by atoms with van der Waals surface area (Å²) in [4.78, 5) is 12.3. The molecular weight excluding hydrogens is 254 g/mol. The Bertz CT molecular complexity index is 682. The lowest BCUT2D eigenvalue weighted by Gasteiger charge is -2.09. The van der Waals surface area contributed by atoms with Crippen LogP contribution in [0.2, 0.25) is 0 Å². The number of rotatable bonds is 4. The number of hydrogen-bond donors (Lipinski definition) is 0. The second kappa shape index (κ2) is 5.48. The first-order valence-corrected chi connectivity index (χ1v) is 6.12. The number of methoxy groups -OCH3 is 1. The normalized spacial score (nSPS) is 10.4. The predicted octanol–water partition coefficient (Wildman–Crippen LogP) is 1.79. The van der Waals surface area contributed by atoms with Crippen LogP contribution in [0.25, 0.3) is 11.1 Å². The van der Waals surface area contributed by atoms with E-state index < -0.39 is 0 Å². The number of aromatic nitrogens is 5. The Balaban J connectivity index is 1.99. The molecule has 0 amide bonds. The molecule has 0 saturated carbocycles. The van der Waals surface area contributed by atoms with E-state index in [0.29, 0.717) is 12.4 Å². The third kappa shape index (κ3) is 2.49. The van der Waals surface area contributed by atoms with Crippen LogP contribution in [0.15, 0.2) is 49.4 Å². The van der Waals surface area contributed by atoms with Gasteiger partial charge in [0.05, 0.1) is 13.7 Å². The molecule has 3 aromatic heterocycles. The highest BCUT2D eigenvalue weighted by Crippen LogP contribution is 2.28. The van der Waals surface area contributed by atoms with Crippen LogP contribution in [0, 0.1) is 0 Å². The minimum Gasteiger partial charge on any atom is -0.481 e. The summed E-state index contributed by atoms with van der Waals surface area (Å²) in [5.74, 6) is 0.596. The van der Waals surface area contributed by atoms with Crippen molar-refractivity contribution in [3.8, 4) is 17.0 Å². The van der Waals surface area contributed by atoms with Gasteiger partial charge in [-0.3, -0.25) is 4.98 Å². The van der Waals surface area contributed by atoms with E-state index in [1.54, 1.807) is 36.7 Å². The van der Waals surface area contributed by atoms with Crippen LogP contribution in [0.1, 0.15) is 5.56 Å². The maximum Gasteiger partial charge on any atom is 0.221 e. The first-order chi connectivity index (χ1) is 9.86. The van der Waals surface area contributed by atoms with Gasteiger partial charge in [-0.1, -0.05) is 0 Å². The molecule has 0 N–H and O–H groups in total. The summed E-state index contributed by atoms with van der Waals surface area (Å²) in [6, 6.07) is 5.90. The van der Waals surface area contributed by atoms with Gasteiger partial charge in [-0.05, 0) is 29.3 Å². The summed E-state index contributed by atoms with van der Waals surface area (Å²) in [5, 5.41) is 4.09. The molecule has 6 heteroatoms. The molecule has 0 fully saturated rings. The summed E-state index contributed by atoms with van der Waals surface area (Å²) in [7, 11) is 1.62. The zero-order valence-corrected chi connectivity index (χ0v) is 11.0. The fourth-order valence-electron chi connectivity index (χ4n) is 1.98. The Hall–Kier alpha value is -2.76. The average Bonchev–Trinajstić information content (AvgIpc) is 3.01. The molecule has 3 rings (SSSR count). The van der Waals surface area contributed by atoms with E-state index in [9.17, 15) is 0 Å². The standard InChI is InChI=1S/C14H13N5O/c1-20-14-13(12-2-4-15-5-3-12)6-11(7-17-14)8-19-10-16-9-18-19/h2-7,9-10H,8H2,1H3. The second-order valence-electron chi connectivity index (χ2n) is 4.23. The van der Waals surface area contributed by atoms with Crippen LogP contribution < -0.4 is 4.74 Å². The zero-order chi connectivity index (χ0) is 13.8. The minimum absolute atomic E-state index is 0.596. The smallest absolute Gasteiger partial charge is 0.221 e. The molecule has 3 aromatic rings. The van der Waals surface area contributed by atoms with Gasteiger partial charge in [0, 0.05) is 24.2 Å². The molecule has 0 aromatic carbocycles. The van der Waals surface area contributed by atoms with Crippen molar-refractivity contribution in [2.45, 2.75) is 6.54 Å². The van der Waals surface area contributed by atoms with Crippen molar-refractivity contribution >= 4 is 0 Å². The molecule has 0 spiro atoms. The molecule has 3 heterocycles. The quantitative estimate of drug-likeness (QED) is 0.721. The number of hydrogen-bond acceptors (Lipinski definition) is 5. The monoisotopic (exact) mass is 267 g/mol. The first-order valence-electron chi connectivity index (χ1n) is 6.12. The summed E-state index contributed by atoms with van der Waals surface area (Å²) >= 11 is 0. The molecule has 100 valence electrons. The molecule has 0 radical (unpaired) electrons. The van der Waals surface area contributed by atoms with Crippen LogP contribution in [-0.2, 0) is 6.54 Å². The molecule has 0 aliphatic rings. The van der Waals surface area contributed by atoms with Gasteiger partial charge in [0.2, 0.25) is 5.88 Å². The third-order valence-electron chi connectivity index (χ3n) is 2.90. The van der Waals surface area contributed by atoms with Crippen LogP contribution in [0.3, 0.4) is 0 Å².